The SMILES string of the molecule is O=C(CCCNC(=O)c1ccc2[nH]ccc2c1)NC1CC1. The molecule has 0 radical (unpaired) electrons. The van der Waals surface area contributed by atoms with Gasteiger partial charge in [0.1, 0.15) is 0 Å². The Kier molecular flexibility index (Phi) is 3.90. The smallest absolute Gasteiger partial charge is 0.251 e. The molecule has 1 fully saturated rings. The van der Waals surface area contributed by atoms with E-state index >= 15 is 0 Å². The summed E-state index contributed by atoms with van der Waals surface area (Å²) in [6.07, 6.45) is 5.18. The van der Waals surface area contributed by atoms with Crippen molar-refractivity contribution in [3.63, 3.8) is 0 Å². The van der Waals surface area contributed by atoms with E-state index in [1.807, 2.05) is 24.4 Å². The number of carbonyl (C=O) groups excluding carboxylic acids is 2. The monoisotopic (exact) mass is 285 g/mol. The van der Waals surface area contributed by atoms with Gasteiger partial charge in [0.05, 0.1) is 0 Å². The van der Waals surface area contributed by atoms with Crippen LogP contribution in [0.5, 0.6) is 0 Å². The van der Waals surface area contributed by atoms with Crippen LogP contribution in [0.15, 0.2) is 30.5 Å². The molecular formula is C16H19N3O2. The highest BCUT2D eigenvalue weighted by Gasteiger charge is 2.22. The second-order valence-corrected chi connectivity index (χ2v) is 5.48. The molecule has 5 nitrogen and oxygen atoms in total. The van der Waals surface area contributed by atoms with Crippen molar-refractivity contribution in [2.24, 2.45) is 0 Å². The van der Waals surface area contributed by atoms with Gasteiger partial charge in [0, 0.05) is 41.7 Å². The van der Waals surface area contributed by atoms with Crippen LogP contribution in [-0.4, -0.2) is 29.4 Å². The number of fused-ring (bicyclic) bond motifs is 1. The summed E-state index contributed by atoms with van der Waals surface area (Å²) >= 11 is 0. The van der Waals surface area contributed by atoms with Crippen molar-refractivity contribution in [3.05, 3.63) is 36.0 Å². The van der Waals surface area contributed by atoms with E-state index in [1.54, 1.807) is 6.07 Å². The van der Waals surface area contributed by atoms with Crippen LogP contribution in [0.25, 0.3) is 10.9 Å². The quantitative estimate of drug-likeness (QED) is 0.710. The topological polar surface area (TPSA) is 74.0 Å². The van der Waals surface area contributed by atoms with Gasteiger partial charge in [-0.2, -0.15) is 0 Å². The van der Waals surface area contributed by atoms with Crippen LogP contribution in [0.3, 0.4) is 0 Å². The lowest BCUT2D eigenvalue weighted by Crippen LogP contribution is -2.28. The van der Waals surface area contributed by atoms with Crippen molar-refractivity contribution >= 4 is 22.7 Å². The maximum Gasteiger partial charge on any atom is 0.251 e. The van der Waals surface area contributed by atoms with E-state index in [2.05, 4.69) is 15.6 Å². The summed E-state index contributed by atoms with van der Waals surface area (Å²) in [5, 5.41) is 6.81. The second kappa shape index (κ2) is 5.99. The first-order chi connectivity index (χ1) is 10.2. The lowest BCUT2D eigenvalue weighted by molar-refractivity contribution is -0.121. The molecule has 2 amide bonds. The molecule has 0 aliphatic heterocycles. The Balaban J connectivity index is 1.43. The Bertz CT molecular complexity index is 658. The maximum absolute atomic E-state index is 12.0. The van der Waals surface area contributed by atoms with Crippen LogP contribution in [0.4, 0.5) is 0 Å². The zero-order valence-electron chi connectivity index (χ0n) is 11.8. The van der Waals surface area contributed by atoms with Gasteiger partial charge in [0.25, 0.3) is 5.91 Å². The van der Waals surface area contributed by atoms with E-state index in [9.17, 15) is 9.59 Å². The lowest BCUT2D eigenvalue weighted by atomic mass is 10.1. The molecule has 0 saturated heterocycles. The van der Waals surface area contributed by atoms with E-state index in [1.165, 1.54) is 0 Å². The fourth-order valence-electron chi connectivity index (χ4n) is 2.27. The zero-order valence-corrected chi connectivity index (χ0v) is 11.8. The Morgan fingerprint density at radius 2 is 2.10 bits per heavy atom. The number of rotatable bonds is 6. The molecule has 0 atom stereocenters. The average Bonchev–Trinajstić information content (AvgIpc) is 3.16. The van der Waals surface area contributed by atoms with Gasteiger partial charge in [0.15, 0.2) is 0 Å². The molecular weight excluding hydrogens is 266 g/mol. The minimum atomic E-state index is -0.0966. The minimum Gasteiger partial charge on any atom is -0.361 e. The summed E-state index contributed by atoms with van der Waals surface area (Å²) in [6.45, 7) is 0.516. The number of H-pyrrole nitrogens is 1. The second-order valence-electron chi connectivity index (χ2n) is 5.48. The summed E-state index contributed by atoms with van der Waals surface area (Å²) < 4.78 is 0. The molecule has 1 saturated carbocycles. The van der Waals surface area contributed by atoms with Gasteiger partial charge in [-0.05, 0) is 43.5 Å². The summed E-state index contributed by atoms with van der Waals surface area (Å²) in [6, 6.07) is 7.90. The predicted molar refractivity (Wildman–Crippen MR) is 81.0 cm³/mol. The van der Waals surface area contributed by atoms with E-state index in [0.717, 1.165) is 23.7 Å². The van der Waals surface area contributed by atoms with Crippen LogP contribution in [0.2, 0.25) is 0 Å². The van der Waals surface area contributed by atoms with Crippen molar-refractivity contribution in [1.82, 2.24) is 15.6 Å². The van der Waals surface area contributed by atoms with Crippen LogP contribution in [0, 0.1) is 0 Å². The highest BCUT2D eigenvalue weighted by Crippen LogP contribution is 2.18. The van der Waals surface area contributed by atoms with Gasteiger partial charge in [-0.3, -0.25) is 9.59 Å². The van der Waals surface area contributed by atoms with Crippen LogP contribution in [-0.2, 0) is 4.79 Å². The third-order valence-corrected chi connectivity index (χ3v) is 3.62. The van der Waals surface area contributed by atoms with E-state index in [0.29, 0.717) is 31.0 Å². The molecule has 3 N–H and O–H groups in total. The Labute approximate surface area is 123 Å². The van der Waals surface area contributed by atoms with E-state index < -0.39 is 0 Å². The highest BCUT2D eigenvalue weighted by atomic mass is 16.2. The fourth-order valence-corrected chi connectivity index (χ4v) is 2.27. The number of aromatic nitrogens is 1. The first-order valence-corrected chi connectivity index (χ1v) is 7.37. The number of nitrogens with one attached hydrogen (secondary N) is 3. The molecule has 0 spiro atoms. The summed E-state index contributed by atoms with van der Waals surface area (Å²) in [4.78, 5) is 26.6. The number of hydrogen-bond donors (Lipinski definition) is 3. The van der Waals surface area contributed by atoms with Crippen LogP contribution in [0.1, 0.15) is 36.0 Å². The Hall–Kier alpha value is -2.30. The number of hydrogen-bond acceptors (Lipinski definition) is 2. The van der Waals surface area contributed by atoms with Gasteiger partial charge < -0.3 is 15.6 Å². The molecule has 1 aromatic carbocycles. The lowest BCUT2D eigenvalue weighted by Gasteiger charge is -2.06. The number of amides is 2. The molecule has 1 aliphatic rings. The normalized spacial score (nSPS) is 14.1. The molecule has 2 aromatic rings. The summed E-state index contributed by atoms with van der Waals surface area (Å²) in [5.74, 6) is -0.0128. The summed E-state index contributed by atoms with van der Waals surface area (Å²) in [5.41, 5.74) is 1.66. The van der Waals surface area contributed by atoms with E-state index in [-0.39, 0.29) is 11.8 Å². The number of aromatic amines is 1. The molecule has 3 rings (SSSR count). The third-order valence-electron chi connectivity index (χ3n) is 3.62. The largest absolute Gasteiger partial charge is 0.361 e. The van der Waals surface area contributed by atoms with Crippen molar-refractivity contribution in [2.75, 3.05) is 6.54 Å². The number of benzene rings is 1. The first kappa shape index (κ1) is 13.7. The van der Waals surface area contributed by atoms with Crippen molar-refractivity contribution in [1.29, 1.82) is 0 Å². The van der Waals surface area contributed by atoms with Crippen LogP contribution < -0.4 is 10.6 Å². The Morgan fingerprint density at radius 3 is 2.90 bits per heavy atom. The first-order valence-electron chi connectivity index (χ1n) is 7.37. The zero-order chi connectivity index (χ0) is 14.7. The standard InChI is InChI=1S/C16H19N3O2/c20-15(19-13-4-5-13)2-1-8-18-16(21)12-3-6-14-11(10-12)7-9-17-14/h3,6-7,9-10,13,17H,1-2,4-5,8H2,(H,18,21)(H,19,20). The average molecular weight is 285 g/mol. The van der Waals surface area contributed by atoms with Gasteiger partial charge in [-0.1, -0.05) is 0 Å². The minimum absolute atomic E-state index is 0.0838. The van der Waals surface area contributed by atoms with Gasteiger partial charge in [-0.15, -0.1) is 0 Å². The summed E-state index contributed by atoms with van der Waals surface area (Å²) in [7, 11) is 0. The van der Waals surface area contributed by atoms with Crippen molar-refractivity contribution < 1.29 is 9.59 Å². The van der Waals surface area contributed by atoms with E-state index in [4.69, 9.17) is 0 Å². The van der Waals surface area contributed by atoms with Gasteiger partial charge in [0.2, 0.25) is 5.91 Å². The van der Waals surface area contributed by atoms with Crippen LogP contribution >= 0.6 is 0 Å². The molecule has 1 aromatic heterocycles. The van der Waals surface area contributed by atoms with Crippen molar-refractivity contribution in [2.45, 2.75) is 31.7 Å². The van der Waals surface area contributed by atoms with Gasteiger partial charge in [-0.25, -0.2) is 0 Å². The Morgan fingerprint density at radius 1 is 1.24 bits per heavy atom. The molecule has 110 valence electrons. The highest BCUT2D eigenvalue weighted by molar-refractivity contribution is 5.98. The third kappa shape index (κ3) is 3.62. The molecule has 0 bridgehead atoms. The molecule has 1 heterocycles. The van der Waals surface area contributed by atoms with Gasteiger partial charge >= 0.3 is 0 Å². The maximum atomic E-state index is 12.0. The fraction of sp³-hybridized carbons (Fsp3) is 0.375. The molecule has 1 aliphatic carbocycles. The van der Waals surface area contributed by atoms with Crippen molar-refractivity contribution in [3.8, 4) is 0 Å². The molecule has 0 unspecified atom stereocenters. The molecule has 5 heteroatoms. The molecule has 21 heavy (non-hydrogen) atoms. The number of carbonyl (C=O) groups is 2. The predicted octanol–water partition coefficient (Wildman–Crippen LogP) is 1.96.